The maximum Gasteiger partial charge on any atom is 0.251 e. The minimum Gasteiger partial charge on any atom is -0.348 e. The van der Waals surface area contributed by atoms with Crippen molar-refractivity contribution >= 4 is 17.5 Å². The van der Waals surface area contributed by atoms with Crippen molar-refractivity contribution < 1.29 is 4.79 Å². The predicted molar refractivity (Wildman–Crippen MR) is 83.2 cm³/mol. The SMILES string of the molecule is CC(C)c1ccc(CNC(=O)c2ccc(Cl)cc2)cc1. The number of carbonyl (C=O) groups is 1. The topological polar surface area (TPSA) is 29.1 Å². The van der Waals surface area contributed by atoms with Crippen molar-refractivity contribution in [1.82, 2.24) is 5.32 Å². The van der Waals surface area contributed by atoms with E-state index >= 15 is 0 Å². The van der Waals surface area contributed by atoms with E-state index in [4.69, 9.17) is 11.6 Å². The fourth-order valence-corrected chi connectivity index (χ4v) is 2.03. The quantitative estimate of drug-likeness (QED) is 0.887. The van der Waals surface area contributed by atoms with Crippen molar-refractivity contribution in [2.75, 3.05) is 0 Å². The molecule has 20 heavy (non-hydrogen) atoms. The molecule has 0 aromatic heterocycles. The van der Waals surface area contributed by atoms with Crippen molar-refractivity contribution in [3.05, 3.63) is 70.2 Å². The smallest absolute Gasteiger partial charge is 0.251 e. The Morgan fingerprint density at radius 3 is 2.20 bits per heavy atom. The lowest BCUT2D eigenvalue weighted by Crippen LogP contribution is -2.22. The van der Waals surface area contributed by atoms with Gasteiger partial charge in [0, 0.05) is 17.1 Å². The van der Waals surface area contributed by atoms with E-state index in [1.54, 1.807) is 24.3 Å². The summed E-state index contributed by atoms with van der Waals surface area (Å²) >= 11 is 5.80. The van der Waals surface area contributed by atoms with Crippen molar-refractivity contribution in [3.8, 4) is 0 Å². The zero-order chi connectivity index (χ0) is 14.5. The Morgan fingerprint density at radius 1 is 1.05 bits per heavy atom. The monoisotopic (exact) mass is 287 g/mol. The van der Waals surface area contributed by atoms with Gasteiger partial charge in [0.25, 0.3) is 5.91 Å². The highest BCUT2D eigenvalue weighted by atomic mass is 35.5. The van der Waals surface area contributed by atoms with Crippen LogP contribution in [0.15, 0.2) is 48.5 Å². The maximum atomic E-state index is 12.0. The molecule has 0 unspecified atom stereocenters. The van der Waals surface area contributed by atoms with Gasteiger partial charge < -0.3 is 5.32 Å². The average molecular weight is 288 g/mol. The number of halogens is 1. The van der Waals surface area contributed by atoms with Crippen LogP contribution in [-0.2, 0) is 6.54 Å². The lowest BCUT2D eigenvalue weighted by atomic mass is 10.0. The Kier molecular flexibility index (Phi) is 4.80. The summed E-state index contributed by atoms with van der Waals surface area (Å²) in [5.74, 6) is 0.433. The zero-order valence-electron chi connectivity index (χ0n) is 11.7. The third-order valence-electron chi connectivity index (χ3n) is 3.21. The van der Waals surface area contributed by atoms with Gasteiger partial charge in [0.1, 0.15) is 0 Å². The first-order valence-electron chi connectivity index (χ1n) is 6.69. The van der Waals surface area contributed by atoms with E-state index in [-0.39, 0.29) is 5.91 Å². The number of hydrogen-bond acceptors (Lipinski definition) is 1. The first-order valence-corrected chi connectivity index (χ1v) is 7.06. The molecule has 0 aliphatic carbocycles. The van der Waals surface area contributed by atoms with Crippen molar-refractivity contribution in [3.63, 3.8) is 0 Å². The van der Waals surface area contributed by atoms with E-state index in [1.165, 1.54) is 5.56 Å². The largest absolute Gasteiger partial charge is 0.348 e. The minimum atomic E-state index is -0.0883. The molecule has 1 N–H and O–H groups in total. The van der Waals surface area contributed by atoms with E-state index < -0.39 is 0 Å². The zero-order valence-corrected chi connectivity index (χ0v) is 12.4. The fraction of sp³-hybridized carbons (Fsp3) is 0.235. The van der Waals surface area contributed by atoms with Gasteiger partial charge in [-0.3, -0.25) is 4.79 Å². The molecule has 0 bridgehead atoms. The number of carbonyl (C=O) groups excluding carboxylic acids is 1. The third kappa shape index (κ3) is 3.84. The highest BCUT2D eigenvalue weighted by molar-refractivity contribution is 6.30. The summed E-state index contributed by atoms with van der Waals surface area (Å²) in [6, 6.07) is 15.2. The molecule has 2 aromatic carbocycles. The van der Waals surface area contributed by atoms with Crippen LogP contribution in [0.25, 0.3) is 0 Å². The van der Waals surface area contributed by atoms with Crippen LogP contribution in [0.3, 0.4) is 0 Å². The van der Waals surface area contributed by atoms with Crippen LogP contribution >= 0.6 is 11.6 Å². The molecule has 2 nitrogen and oxygen atoms in total. The molecule has 104 valence electrons. The summed E-state index contributed by atoms with van der Waals surface area (Å²) in [4.78, 5) is 12.0. The summed E-state index contributed by atoms with van der Waals surface area (Å²) in [5, 5.41) is 3.53. The molecule has 2 rings (SSSR count). The number of hydrogen-bond donors (Lipinski definition) is 1. The minimum absolute atomic E-state index is 0.0883. The molecule has 0 atom stereocenters. The molecule has 2 aromatic rings. The van der Waals surface area contributed by atoms with Gasteiger partial charge in [-0.25, -0.2) is 0 Å². The van der Waals surface area contributed by atoms with Crippen molar-refractivity contribution in [2.45, 2.75) is 26.3 Å². The summed E-state index contributed by atoms with van der Waals surface area (Å²) in [7, 11) is 0. The maximum absolute atomic E-state index is 12.0. The number of nitrogens with one attached hydrogen (secondary N) is 1. The second kappa shape index (κ2) is 6.58. The van der Waals surface area contributed by atoms with E-state index in [2.05, 4.69) is 43.4 Å². The van der Waals surface area contributed by atoms with Gasteiger partial charge in [0.15, 0.2) is 0 Å². The Labute approximate surface area is 124 Å². The normalized spacial score (nSPS) is 10.6. The molecule has 1 amide bonds. The van der Waals surface area contributed by atoms with E-state index in [0.29, 0.717) is 23.0 Å². The molecular formula is C17H18ClNO. The molecule has 0 spiro atoms. The fourth-order valence-electron chi connectivity index (χ4n) is 1.91. The Morgan fingerprint density at radius 2 is 1.65 bits per heavy atom. The molecular weight excluding hydrogens is 270 g/mol. The first kappa shape index (κ1) is 14.6. The number of benzene rings is 2. The van der Waals surface area contributed by atoms with Gasteiger partial charge in [-0.1, -0.05) is 49.7 Å². The van der Waals surface area contributed by atoms with Crippen LogP contribution in [0, 0.1) is 0 Å². The van der Waals surface area contributed by atoms with Gasteiger partial charge in [-0.2, -0.15) is 0 Å². The Bertz CT molecular complexity index is 573. The summed E-state index contributed by atoms with van der Waals surface area (Å²) < 4.78 is 0. The third-order valence-corrected chi connectivity index (χ3v) is 3.46. The van der Waals surface area contributed by atoms with Crippen LogP contribution in [0.1, 0.15) is 41.3 Å². The summed E-state index contributed by atoms with van der Waals surface area (Å²) in [6.07, 6.45) is 0. The van der Waals surface area contributed by atoms with E-state index in [9.17, 15) is 4.79 Å². The van der Waals surface area contributed by atoms with Crippen LogP contribution in [-0.4, -0.2) is 5.91 Å². The first-order chi connectivity index (χ1) is 9.56. The number of rotatable bonds is 4. The van der Waals surface area contributed by atoms with Crippen molar-refractivity contribution in [2.24, 2.45) is 0 Å². The molecule has 0 aliphatic heterocycles. The standard InChI is InChI=1S/C17H18ClNO/c1-12(2)14-5-3-13(4-6-14)11-19-17(20)15-7-9-16(18)10-8-15/h3-10,12H,11H2,1-2H3,(H,19,20). The Balaban J connectivity index is 1.94. The van der Waals surface area contributed by atoms with Crippen LogP contribution in [0.4, 0.5) is 0 Å². The second-order valence-corrected chi connectivity index (χ2v) is 5.52. The molecule has 3 heteroatoms. The Hall–Kier alpha value is -1.80. The summed E-state index contributed by atoms with van der Waals surface area (Å²) in [6.45, 7) is 4.86. The van der Waals surface area contributed by atoms with Gasteiger partial charge in [-0.05, 0) is 41.3 Å². The lowest BCUT2D eigenvalue weighted by molar-refractivity contribution is 0.0951. The van der Waals surface area contributed by atoms with Crippen LogP contribution in [0.2, 0.25) is 5.02 Å². The van der Waals surface area contributed by atoms with E-state index in [1.807, 2.05) is 0 Å². The predicted octanol–water partition coefficient (Wildman–Crippen LogP) is 4.39. The van der Waals surface area contributed by atoms with E-state index in [0.717, 1.165) is 5.56 Å². The molecule has 0 heterocycles. The molecule has 0 radical (unpaired) electrons. The molecule has 0 fully saturated rings. The van der Waals surface area contributed by atoms with Crippen LogP contribution < -0.4 is 5.32 Å². The highest BCUT2D eigenvalue weighted by Gasteiger charge is 2.05. The van der Waals surface area contributed by atoms with Gasteiger partial charge in [0.05, 0.1) is 0 Å². The second-order valence-electron chi connectivity index (χ2n) is 5.09. The van der Waals surface area contributed by atoms with Gasteiger partial charge in [-0.15, -0.1) is 0 Å². The summed E-state index contributed by atoms with van der Waals surface area (Å²) in [5.41, 5.74) is 3.02. The van der Waals surface area contributed by atoms with Gasteiger partial charge in [0.2, 0.25) is 0 Å². The molecule has 0 aliphatic rings. The molecule has 0 saturated carbocycles. The lowest BCUT2D eigenvalue weighted by Gasteiger charge is -2.08. The van der Waals surface area contributed by atoms with Crippen LogP contribution in [0.5, 0.6) is 0 Å². The van der Waals surface area contributed by atoms with Gasteiger partial charge >= 0.3 is 0 Å². The highest BCUT2D eigenvalue weighted by Crippen LogP contribution is 2.15. The van der Waals surface area contributed by atoms with Crippen molar-refractivity contribution in [1.29, 1.82) is 0 Å². The average Bonchev–Trinajstić information content (AvgIpc) is 2.46. The molecule has 0 saturated heterocycles. The number of amides is 1.